The molecule has 1 amide bonds. The van der Waals surface area contributed by atoms with Crippen LogP contribution in [0.3, 0.4) is 0 Å². The quantitative estimate of drug-likeness (QED) is 0.136. The number of methoxy groups -OCH3 is 1. The third-order valence-electron chi connectivity index (χ3n) is 6.69. The number of aromatic nitrogens is 2. The molecule has 1 heterocycles. The van der Waals surface area contributed by atoms with E-state index in [2.05, 4.69) is 32.2 Å². The van der Waals surface area contributed by atoms with Crippen molar-refractivity contribution in [2.45, 2.75) is 23.6 Å². The summed E-state index contributed by atoms with van der Waals surface area (Å²) in [6.45, 7) is 2.93. The van der Waals surface area contributed by atoms with Gasteiger partial charge in [-0.3, -0.25) is 14.9 Å². The van der Waals surface area contributed by atoms with Gasteiger partial charge >= 0.3 is 6.09 Å². The molecule has 0 unspecified atom stereocenters. The van der Waals surface area contributed by atoms with Crippen molar-refractivity contribution in [2.24, 2.45) is 0 Å². The number of anilines is 1. The van der Waals surface area contributed by atoms with Gasteiger partial charge < -0.3 is 30.1 Å². The van der Waals surface area contributed by atoms with Gasteiger partial charge in [-0.25, -0.2) is 9.78 Å². The molecule has 0 spiro atoms. The monoisotopic (exact) mass is 599 g/mol. The maximum absolute atomic E-state index is 12.6. The van der Waals surface area contributed by atoms with Crippen molar-refractivity contribution in [1.29, 1.82) is 0 Å². The summed E-state index contributed by atoms with van der Waals surface area (Å²) in [7, 11) is 1.31. The van der Waals surface area contributed by atoms with E-state index in [0.29, 0.717) is 5.95 Å². The number of benzene rings is 4. The Hall–Kier alpha value is -5.49. The molecule has 6 rings (SSSR count). The molecule has 11 nitrogen and oxygen atoms in total. The van der Waals surface area contributed by atoms with Crippen molar-refractivity contribution in [3.8, 4) is 23.0 Å². The Morgan fingerprint density at radius 1 is 0.791 bits per heavy atom. The number of carbonyl (C=O) groups is 3. The molecule has 0 saturated carbocycles. The molecular weight excluding hydrogens is 574 g/mol. The zero-order valence-corrected chi connectivity index (χ0v) is 23.9. The largest absolute Gasteiger partial charge is 0.507 e. The van der Waals surface area contributed by atoms with Gasteiger partial charge in [0, 0.05) is 9.79 Å². The smallest absolute Gasteiger partial charge is 0.413 e. The number of phenols is 4. The number of H-pyrrole nitrogens is 1. The molecule has 0 fully saturated rings. The van der Waals surface area contributed by atoms with Crippen LogP contribution in [0.2, 0.25) is 0 Å². The summed E-state index contributed by atoms with van der Waals surface area (Å²) in [6, 6.07) is 18.4. The third-order valence-corrected chi connectivity index (χ3v) is 7.68. The molecule has 1 aromatic heterocycles. The predicted molar refractivity (Wildman–Crippen MR) is 159 cm³/mol. The van der Waals surface area contributed by atoms with Crippen LogP contribution in [-0.2, 0) is 4.74 Å². The number of phenolic OH excluding ortho intramolecular Hbond substituents is 4. The lowest BCUT2D eigenvalue weighted by molar-refractivity contribution is 0.0969. The Bertz CT molecular complexity index is 1860. The SMILES string of the molecule is COC(=O)Nc1nc2ccc(Sc3ccccc3)cc2[nH]1.Cc1cc(O)c2c(c1O)C(=O)c1c(O)cc(C)c(O)c1C2=O. The van der Waals surface area contributed by atoms with Crippen LogP contribution >= 0.6 is 11.8 Å². The molecule has 12 heteroatoms. The lowest BCUT2D eigenvalue weighted by atomic mass is 9.80. The molecule has 0 atom stereocenters. The maximum Gasteiger partial charge on any atom is 0.413 e. The summed E-state index contributed by atoms with van der Waals surface area (Å²) < 4.78 is 4.54. The third kappa shape index (κ3) is 5.43. The Balaban J connectivity index is 0.000000171. The van der Waals surface area contributed by atoms with Gasteiger partial charge in [-0.1, -0.05) is 30.0 Å². The molecule has 1 aliphatic carbocycles. The molecule has 0 radical (unpaired) electrons. The van der Waals surface area contributed by atoms with Crippen molar-refractivity contribution >= 4 is 46.4 Å². The molecule has 0 aliphatic heterocycles. The Morgan fingerprint density at radius 2 is 1.35 bits per heavy atom. The van der Waals surface area contributed by atoms with Gasteiger partial charge in [0.05, 0.1) is 40.4 Å². The lowest BCUT2D eigenvalue weighted by Crippen LogP contribution is -2.22. The van der Waals surface area contributed by atoms with Gasteiger partial charge in [-0.05, 0) is 67.4 Å². The van der Waals surface area contributed by atoms with E-state index in [-0.39, 0.29) is 33.4 Å². The van der Waals surface area contributed by atoms with Crippen molar-refractivity contribution in [3.05, 3.63) is 94.0 Å². The number of ketones is 2. The van der Waals surface area contributed by atoms with Gasteiger partial charge in [0.25, 0.3) is 0 Å². The molecular formula is C31H25N3O8S. The van der Waals surface area contributed by atoms with E-state index in [1.807, 2.05) is 36.4 Å². The van der Waals surface area contributed by atoms with E-state index < -0.39 is 40.7 Å². The van der Waals surface area contributed by atoms with Crippen LogP contribution in [0.15, 0.2) is 70.5 Å². The van der Waals surface area contributed by atoms with Crippen LogP contribution in [0.25, 0.3) is 11.0 Å². The maximum atomic E-state index is 12.6. The molecule has 4 aromatic carbocycles. The zero-order chi connectivity index (χ0) is 31.0. The second-order valence-corrected chi connectivity index (χ2v) is 10.7. The van der Waals surface area contributed by atoms with Crippen molar-refractivity contribution < 1.29 is 39.5 Å². The van der Waals surface area contributed by atoms with Crippen LogP contribution in [0.1, 0.15) is 43.0 Å². The van der Waals surface area contributed by atoms with E-state index in [0.717, 1.165) is 28.1 Å². The summed E-state index contributed by atoms with van der Waals surface area (Å²) in [6.07, 6.45) is -0.548. The average molecular weight is 600 g/mol. The number of ether oxygens (including phenoxy) is 1. The number of nitrogens with zero attached hydrogens (tertiary/aromatic N) is 1. The summed E-state index contributed by atoms with van der Waals surface area (Å²) in [5.41, 5.74) is 0.610. The van der Waals surface area contributed by atoms with Crippen LogP contribution in [-0.4, -0.2) is 55.2 Å². The second kappa shape index (κ2) is 11.4. The van der Waals surface area contributed by atoms with Gasteiger partial charge in [0.2, 0.25) is 17.5 Å². The van der Waals surface area contributed by atoms with Gasteiger partial charge in [0.1, 0.15) is 23.0 Å². The number of imidazole rings is 1. The first-order valence-electron chi connectivity index (χ1n) is 12.8. The average Bonchev–Trinajstić information content (AvgIpc) is 3.37. The zero-order valence-electron chi connectivity index (χ0n) is 23.1. The second-order valence-electron chi connectivity index (χ2n) is 9.58. The fourth-order valence-corrected chi connectivity index (χ4v) is 5.49. The highest BCUT2D eigenvalue weighted by atomic mass is 32.2. The van der Waals surface area contributed by atoms with Gasteiger partial charge in [0.15, 0.2) is 0 Å². The highest BCUT2D eigenvalue weighted by molar-refractivity contribution is 7.99. The molecule has 1 aliphatic rings. The summed E-state index contributed by atoms with van der Waals surface area (Å²) in [4.78, 5) is 45.9. The number of aromatic hydroxyl groups is 4. The van der Waals surface area contributed by atoms with Crippen LogP contribution in [0.4, 0.5) is 10.7 Å². The van der Waals surface area contributed by atoms with E-state index in [4.69, 9.17) is 0 Å². The number of carbonyl (C=O) groups excluding carboxylic acids is 3. The number of rotatable bonds is 3. The predicted octanol–water partition coefficient (Wildman–Crippen LogP) is 5.79. The topological polar surface area (TPSA) is 182 Å². The normalized spacial score (nSPS) is 11.8. The molecule has 6 N–H and O–H groups in total. The standard InChI is InChI=1S/C16H12O6.C15H13N3O2S/c1-5-3-7(17)9-11(13(5)19)15(21)10-8(18)4-6(2)14(20)12(10)16(9)22;1-20-15(19)18-14-16-12-8-7-11(9-13(12)17-14)21-10-5-3-2-4-6-10/h3-4,17-20H,1-2H3;2-9H,1H3,(H2,16,17,18,19). The summed E-state index contributed by atoms with van der Waals surface area (Å²) >= 11 is 1.67. The summed E-state index contributed by atoms with van der Waals surface area (Å²) in [5.74, 6) is -3.07. The minimum Gasteiger partial charge on any atom is -0.507 e. The van der Waals surface area contributed by atoms with Crippen molar-refractivity contribution in [1.82, 2.24) is 9.97 Å². The Morgan fingerprint density at radius 3 is 1.88 bits per heavy atom. The van der Waals surface area contributed by atoms with Crippen LogP contribution < -0.4 is 5.32 Å². The first-order chi connectivity index (χ1) is 20.5. The number of amides is 1. The molecule has 5 aromatic rings. The lowest BCUT2D eigenvalue weighted by Gasteiger charge is -2.22. The van der Waals surface area contributed by atoms with Gasteiger partial charge in [-0.15, -0.1) is 0 Å². The van der Waals surface area contributed by atoms with Crippen LogP contribution in [0.5, 0.6) is 23.0 Å². The molecule has 0 bridgehead atoms. The molecule has 43 heavy (non-hydrogen) atoms. The van der Waals surface area contributed by atoms with Crippen LogP contribution in [0, 0.1) is 13.8 Å². The van der Waals surface area contributed by atoms with E-state index >= 15 is 0 Å². The van der Waals surface area contributed by atoms with E-state index in [9.17, 15) is 34.8 Å². The first-order valence-corrected chi connectivity index (χ1v) is 13.6. The fourth-order valence-electron chi connectivity index (χ4n) is 4.61. The van der Waals surface area contributed by atoms with Crippen molar-refractivity contribution in [3.63, 3.8) is 0 Å². The van der Waals surface area contributed by atoms with E-state index in [1.165, 1.54) is 25.9 Å². The number of aromatic amines is 1. The highest BCUT2D eigenvalue weighted by Crippen LogP contribution is 2.45. The van der Waals surface area contributed by atoms with Crippen molar-refractivity contribution in [2.75, 3.05) is 12.4 Å². The number of hydrogen-bond acceptors (Lipinski definition) is 10. The van der Waals surface area contributed by atoms with Gasteiger partial charge in [-0.2, -0.15) is 0 Å². The summed E-state index contributed by atoms with van der Waals surface area (Å²) in [5, 5.41) is 42.6. The molecule has 218 valence electrons. The highest BCUT2D eigenvalue weighted by Gasteiger charge is 2.39. The van der Waals surface area contributed by atoms with E-state index in [1.54, 1.807) is 11.8 Å². The molecule has 0 saturated heterocycles. The number of hydrogen-bond donors (Lipinski definition) is 6. The Labute approximate surface area is 248 Å². The Kier molecular flexibility index (Phi) is 7.70. The number of nitrogens with one attached hydrogen (secondary N) is 2. The fraction of sp³-hybridized carbons (Fsp3) is 0.0968. The first kappa shape index (κ1) is 29.0. The number of aryl methyl sites for hydroxylation is 2. The minimum absolute atomic E-state index is 0.219. The number of fused-ring (bicyclic) bond motifs is 3. The minimum atomic E-state index is -0.825.